The molecule has 0 heterocycles. The number of hydrogen-bond donors (Lipinski definition) is 0. The summed E-state index contributed by atoms with van der Waals surface area (Å²) < 4.78 is 22.4. The lowest BCUT2D eigenvalue weighted by atomic mass is 10.1. The summed E-state index contributed by atoms with van der Waals surface area (Å²) in [5.74, 6) is -1.26. The Hall–Kier alpha value is -2.95. The van der Waals surface area contributed by atoms with Crippen LogP contribution in [0, 0.1) is 5.82 Å². The number of ether oxygens (including phenoxy) is 2. The van der Waals surface area contributed by atoms with Gasteiger partial charge in [0.1, 0.15) is 12.4 Å². The van der Waals surface area contributed by atoms with E-state index in [9.17, 15) is 14.0 Å². The average Bonchev–Trinajstić information content (AvgIpc) is 2.59. The van der Waals surface area contributed by atoms with Crippen molar-refractivity contribution in [3.63, 3.8) is 0 Å². The number of rotatable bonds is 5. The van der Waals surface area contributed by atoms with Crippen molar-refractivity contribution in [3.8, 4) is 0 Å². The van der Waals surface area contributed by atoms with Crippen LogP contribution in [0.4, 0.5) is 4.39 Å². The first-order valence-electron chi connectivity index (χ1n) is 6.86. The normalized spacial score (nSPS) is 10.5. The highest BCUT2D eigenvalue weighted by Gasteiger charge is 2.05. The molecular formula is C18H15FO4. The van der Waals surface area contributed by atoms with Crippen LogP contribution in [0.25, 0.3) is 6.08 Å². The summed E-state index contributed by atoms with van der Waals surface area (Å²) in [6, 6.07) is 12.3. The lowest BCUT2D eigenvalue weighted by Crippen LogP contribution is -2.03. The molecular weight excluding hydrogens is 299 g/mol. The first-order valence-corrected chi connectivity index (χ1v) is 6.86. The van der Waals surface area contributed by atoms with Gasteiger partial charge in [-0.2, -0.15) is 0 Å². The Morgan fingerprint density at radius 2 is 1.70 bits per heavy atom. The Bertz CT molecular complexity index is 703. The number of hydrogen-bond acceptors (Lipinski definition) is 4. The summed E-state index contributed by atoms with van der Waals surface area (Å²) >= 11 is 0. The van der Waals surface area contributed by atoms with E-state index in [4.69, 9.17) is 4.74 Å². The molecule has 2 aromatic carbocycles. The Balaban J connectivity index is 1.86. The molecule has 0 amide bonds. The summed E-state index contributed by atoms with van der Waals surface area (Å²) in [4.78, 5) is 22.9. The van der Waals surface area contributed by atoms with E-state index in [1.54, 1.807) is 42.5 Å². The van der Waals surface area contributed by atoms with Gasteiger partial charge in [-0.05, 0) is 41.5 Å². The van der Waals surface area contributed by atoms with Crippen LogP contribution in [0.5, 0.6) is 0 Å². The number of esters is 2. The van der Waals surface area contributed by atoms with Crippen molar-refractivity contribution in [2.24, 2.45) is 0 Å². The molecule has 0 N–H and O–H groups in total. The minimum atomic E-state index is -0.508. The second-order valence-corrected chi connectivity index (χ2v) is 4.68. The van der Waals surface area contributed by atoms with Crippen LogP contribution >= 0.6 is 0 Å². The highest BCUT2D eigenvalue weighted by atomic mass is 19.1. The Labute approximate surface area is 133 Å². The maximum atomic E-state index is 12.8. The lowest BCUT2D eigenvalue weighted by Gasteiger charge is -2.04. The number of halogens is 1. The third-order valence-electron chi connectivity index (χ3n) is 3.04. The van der Waals surface area contributed by atoms with Crippen LogP contribution in [0.2, 0.25) is 0 Å². The van der Waals surface area contributed by atoms with Crippen molar-refractivity contribution < 1.29 is 23.5 Å². The van der Waals surface area contributed by atoms with Gasteiger partial charge in [-0.15, -0.1) is 0 Å². The van der Waals surface area contributed by atoms with Crippen molar-refractivity contribution in [3.05, 3.63) is 77.1 Å². The molecule has 118 valence electrons. The van der Waals surface area contributed by atoms with Gasteiger partial charge < -0.3 is 9.47 Å². The maximum absolute atomic E-state index is 12.8. The van der Waals surface area contributed by atoms with Gasteiger partial charge in [0.2, 0.25) is 0 Å². The smallest absolute Gasteiger partial charge is 0.337 e. The third-order valence-corrected chi connectivity index (χ3v) is 3.04. The van der Waals surface area contributed by atoms with Crippen LogP contribution in [-0.2, 0) is 20.9 Å². The molecule has 0 aliphatic rings. The van der Waals surface area contributed by atoms with E-state index in [0.717, 1.165) is 5.56 Å². The molecule has 0 atom stereocenters. The van der Waals surface area contributed by atoms with E-state index in [1.165, 1.54) is 25.3 Å². The van der Waals surface area contributed by atoms with Crippen molar-refractivity contribution >= 4 is 18.0 Å². The standard InChI is InChI=1S/C18H15FO4/c1-22-18(21)15-7-2-14(3-8-15)12-23-17(20)11-6-13-4-9-16(19)10-5-13/h2-11H,12H2,1H3/b11-6+. The molecule has 0 aliphatic carbocycles. The molecule has 23 heavy (non-hydrogen) atoms. The summed E-state index contributed by atoms with van der Waals surface area (Å²) in [6.45, 7) is 0.0913. The van der Waals surface area contributed by atoms with Crippen LogP contribution in [0.15, 0.2) is 54.6 Å². The molecule has 0 saturated heterocycles. The van der Waals surface area contributed by atoms with E-state index < -0.39 is 11.9 Å². The average molecular weight is 314 g/mol. The van der Waals surface area contributed by atoms with Crippen molar-refractivity contribution in [1.82, 2.24) is 0 Å². The highest BCUT2D eigenvalue weighted by Crippen LogP contribution is 2.08. The fraction of sp³-hybridized carbons (Fsp3) is 0.111. The zero-order chi connectivity index (χ0) is 16.7. The van der Waals surface area contributed by atoms with Gasteiger partial charge in [0, 0.05) is 6.08 Å². The molecule has 2 rings (SSSR count). The fourth-order valence-corrected chi connectivity index (χ4v) is 1.80. The topological polar surface area (TPSA) is 52.6 Å². The predicted octanol–water partition coefficient (Wildman–Crippen LogP) is 3.37. The second-order valence-electron chi connectivity index (χ2n) is 4.68. The second kappa shape index (κ2) is 7.89. The van der Waals surface area contributed by atoms with E-state index >= 15 is 0 Å². The predicted molar refractivity (Wildman–Crippen MR) is 83.0 cm³/mol. The van der Waals surface area contributed by atoms with E-state index in [0.29, 0.717) is 11.1 Å². The summed E-state index contributed by atoms with van der Waals surface area (Å²) in [7, 11) is 1.31. The van der Waals surface area contributed by atoms with Gasteiger partial charge in [-0.25, -0.2) is 14.0 Å². The van der Waals surface area contributed by atoms with Gasteiger partial charge in [-0.1, -0.05) is 24.3 Å². The first-order chi connectivity index (χ1) is 11.1. The largest absolute Gasteiger partial charge is 0.465 e. The molecule has 0 spiro atoms. The molecule has 0 fully saturated rings. The van der Waals surface area contributed by atoms with Crippen molar-refractivity contribution in [1.29, 1.82) is 0 Å². The van der Waals surface area contributed by atoms with Crippen LogP contribution in [-0.4, -0.2) is 19.0 Å². The molecule has 4 nitrogen and oxygen atoms in total. The van der Waals surface area contributed by atoms with Gasteiger partial charge in [0.25, 0.3) is 0 Å². The summed E-state index contributed by atoms with van der Waals surface area (Å²) in [6.07, 6.45) is 2.82. The quantitative estimate of drug-likeness (QED) is 0.627. The van der Waals surface area contributed by atoms with Gasteiger partial charge >= 0.3 is 11.9 Å². The van der Waals surface area contributed by atoms with Crippen LogP contribution < -0.4 is 0 Å². The van der Waals surface area contributed by atoms with Crippen LogP contribution in [0.3, 0.4) is 0 Å². The number of carbonyl (C=O) groups is 2. The molecule has 0 bridgehead atoms. The highest BCUT2D eigenvalue weighted by molar-refractivity contribution is 5.89. The van der Waals surface area contributed by atoms with Gasteiger partial charge in [-0.3, -0.25) is 0 Å². The lowest BCUT2D eigenvalue weighted by molar-refractivity contribution is -0.138. The van der Waals surface area contributed by atoms with Gasteiger partial charge in [0.05, 0.1) is 12.7 Å². The molecule has 0 aromatic heterocycles. The van der Waals surface area contributed by atoms with E-state index in [1.807, 2.05) is 0 Å². The fourth-order valence-electron chi connectivity index (χ4n) is 1.80. The number of carbonyl (C=O) groups excluding carboxylic acids is 2. The summed E-state index contributed by atoms with van der Waals surface area (Å²) in [5.41, 5.74) is 1.88. The minimum absolute atomic E-state index is 0.0913. The molecule has 0 radical (unpaired) electrons. The monoisotopic (exact) mass is 314 g/mol. The molecule has 5 heteroatoms. The van der Waals surface area contributed by atoms with Crippen LogP contribution in [0.1, 0.15) is 21.5 Å². The van der Waals surface area contributed by atoms with Crippen molar-refractivity contribution in [2.75, 3.05) is 7.11 Å². The SMILES string of the molecule is COC(=O)c1ccc(COC(=O)/C=C/c2ccc(F)cc2)cc1. The Morgan fingerprint density at radius 3 is 2.30 bits per heavy atom. The third kappa shape index (κ3) is 5.07. The Kier molecular flexibility index (Phi) is 5.63. The van der Waals surface area contributed by atoms with Gasteiger partial charge in [0.15, 0.2) is 0 Å². The molecule has 0 unspecified atom stereocenters. The number of benzene rings is 2. The first kappa shape index (κ1) is 16.4. The molecule has 2 aromatic rings. The summed E-state index contributed by atoms with van der Waals surface area (Å²) in [5, 5.41) is 0. The maximum Gasteiger partial charge on any atom is 0.337 e. The molecule has 0 saturated carbocycles. The molecule has 0 aliphatic heterocycles. The zero-order valence-electron chi connectivity index (χ0n) is 12.5. The van der Waals surface area contributed by atoms with E-state index in [2.05, 4.69) is 4.74 Å². The van der Waals surface area contributed by atoms with E-state index in [-0.39, 0.29) is 12.4 Å². The Morgan fingerprint density at radius 1 is 1.04 bits per heavy atom. The minimum Gasteiger partial charge on any atom is -0.465 e. The number of methoxy groups -OCH3 is 1. The van der Waals surface area contributed by atoms with Crippen molar-refractivity contribution in [2.45, 2.75) is 6.61 Å². The zero-order valence-corrected chi connectivity index (χ0v) is 12.5.